The van der Waals surface area contributed by atoms with Crippen molar-refractivity contribution in [3.63, 3.8) is 0 Å². The van der Waals surface area contributed by atoms with E-state index in [1.54, 1.807) is 0 Å². The zero-order valence-electron chi connectivity index (χ0n) is 17.4. The number of benzene rings is 3. The third kappa shape index (κ3) is 4.06. The third-order valence-electron chi connectivity index (χ3n) is 6.03. The summed E-state index contributed by atoms with van der Waals surface area (Å²) in [4.78, 5) is 13.2. The van der Waals surface area contributed by atoms with Crippen molar-refractivity contribution >= 4 is 11.6 Å². The van der Waals surface area contributed by atoms with Gasteiger partial charge in [0, 0.05) is 5.41 Å². The third-order valence-corrected chi connectivity index (χ3v) is 6.03. The van der Waals surface area contributed by atoms with E-state index in [4.69, 9.17) is 0 Å². The van der Waals surface area contributed by atoms with Gasteiger partial charge in [-0.15, -0.1) is 0 Å². The summed E-state index contributed by atoms with van der Waals surface area (Å²) in [6.45, 7) is 2.17. The second kappa shape index (κ2) is 9.08. The number of amides is 1. The van der Waals surface area contributed by atoms with Gasteiger partial charge in [-0.05, 0) is 36.0 Å². The fraction of sp³-hybridized carbons (Fsp3) is 0.259. The van der Waals surface area contributed by atoms with Gasteiger partial charge in [0.05, 0.1) is 11.6 Å². The average molecular weight is 397 g/mol. The van der Waals surface area contributed by atoms with E-state index in [1.165, 1.54) is 11.1 Å². The molecule has 1 N–H and O–H groups in total. The summed E-state index contributed by atoms with van der Waals surface area (Å²) in [5.74, 6) is -0.123. The first-order valence-corrected chi connectivity index (χ1v) is 10.8. The molecule has 0 unspecified atom stereocenters. The summed E-state index contributed by atoms with van der Waals surface area (Å²) in [6.07, 6.45) is 3.80. The molecule has 3 aromatic rings. The van der Waals surface area contributed by atoms with Crippen molar-refractivity contribution in [2.24, 2.45) is 11.0 Å². The molecule has 1 aliphatic rings. The molecule has 1 amide bonds. The minimum absolute atomic E-state index is 0.00682. The lowest BCUT2D eigenvalue weighted by Gasteiger charge is -2.18. The molecule has 0 heterocycles. The van der Waals surface area contributed by atoms with Crippen molar-refractivity contribution in [2.75, 3.05) is 0 Å². The number of carbonyl (C=O) groups excluding carboxylic acids is 1. The van der Waals surface area contributed by atoms with Crippen LogP contribution in [-0.4, -0.2) is 11.6 Å². The van der Waals surface area contributed by atoms with Crippen LogP contribution in [-0.2, 0) is 10.2 Å². The smallest absolute Gasteiger partial charge is 0.244 e. The quantitative estimate of drug-likeness (QED) is 0.385. The highest BCUT2D eigenvalue weighted by Crippen LogP contribution is 2.58. The van der Waals surface area contributed by atoms with E-state index < -0.39 is 0 Å². The van der Waals surface area contributed by atoms with Gasteiger partial charge in [-0.3, -0.25) is 4.79 Å². The Balaban J connectivity index is 1.58. The highest BCUT2D eigenvalue weighted by Gasteiger charge is 2.60. The van der Waals surface area contributed by atoms with E-state index in [2.05, 4.69) is 53.8 Å². The van der Waals surface area contributed by atoms with E-state index in [0.29, 0.717) is 0 Å². The monoisotopic (exact) mass is 396 g/mol. The lowest BCUT2D eigenvalue weighted by molar-refractivity contribution is -0.122. The molecule has 152 valence electrons. The van der Waals surface area contributed by atoms with Crippen LogP contribution in [0.2, 0.25) is 0 Å². The Kier molecular flexibility index (Phi) is 6.08. The molecule has 3 aromatic carbocycles. The summed E-state index contributed by atoms with van der Waals surface area (Å²) < 4.78 is 0. The van der Waals surface area contributed by atoms with Crippen molar-refractivity contribution in [2.45, 2.75) is 38.0 Å². The highest BCUT2D eigenvalue weighted by molar-refractivity contribution is 6.01. The minimum atomic E-state index is -0.265. The highest BCUT2D eigenvalue weighted by atomic mass is 16.2. The van der Waals surface area contributed by atoms with Gasteiger partial charge in [-0.2, -0.15) is 5.10 Å². The average Bonchev–Trinajstić information content (AvgIpc) is 3.58. The maximum atomic E-state index is 13.2. The Bertz CT molecular complexity index is 957. The molecule has 4 rings (SSSR count). The number of carbonyl (C=O) groups is 1. The van der Waals surface area contributed by atoms with E-state index in [0.717, 1.165) is 37.0 Å². The zero-order chi connectivity index (χ0) is 20.8. The number of hydrazone groups is 1. The topological polar surface area (TPSA) is 41.5 Å². The predicted octanol–water partition coefficient (Wildman–Crippen LogP) is 5.70. The predicted molar refractivity (Wildman–Crippen MR) is 122 cm³/mol. The normalized spacial score (nSPS) is 17.4. The molecular weight excluding hydrogens is 368 g/mol. The van der Waals surface area contributed by atoms with Crippen molar-refractivity contribution in [1.82, 2.24) is 5.43 Å². The first-order chi connectivity index (χ1) is 14.8. The van der Waals surface area contributed by atoms with Gasteiger partial charge in [0.25, 0.3) is 0 Å². The number of nitrogens with one attached hydrogen (secondary N) is 1. The van der Waals surface area contributed by atoms with E-state index in [-0.39, 0.29) is 17.2 Å². The molecule has 0 saturated heterocycles. The zero-order valence-corrected chi connectivity index (χ0v) is 17.4. The molecule has 0 aliphatic heterocycles. The van der Waals surface area contributed by atoms with Gasteiger partial charge in [0.1, 0.15) is 0 Å². The van der Waals surface area contributed by atoms with Gasteiger partial charge in [-0.25, -0.2) is 5.43 Å². The van der Waals surface area contributed by atoms with Crippen LogP contribution in [0.5, 0.6) is 0 Å². The van der Waals surface area contributed by atoms with Crippen LogP contribution in [0.3, 0.4) is 0 Å². The molecule has 0 bridgehead atoms. The van der Waals surface area contributed by atoms with Crippen molar-refractivity contribution in [3.8, 4) is 0 Å². The van der Waals surface area contributed by atoms with Gasteiger partial charge in [0.2, 0.25) is 5.91 Å². The van der Waals surface area contributed by atoms with E-state index in [1.807, 2.05) is 54.6 Å². The van der Waals surface area contributed by atoms with Gasteiger partial charge >= 0.3 is 0 Å². The van der Waals surface area contributed by atoms with Crippen LogP contribution in [0, 0.1) is 5.92 Å². The second-order valence-electron chi connectivity index (χ2n) is 7.96. The van der Waals surface area contributed by atoms with Crippen LogP contribution in [0.15, 0.2) is 96.1 Å². The van der Waals surface area contributed by atoms with E-state index >= 15 is 0 Å². The largest absolute Gasteiger partial charge is 0.273 e. The van der Waals surface area contributed by atoms with Crippen molar-refractivity contribution < 1.29 is 4.79 Å². The Labute approximate surface area is 178 Å². The minimum Gasteiger partial charge on any atom is -0.273 e. The molecule has 1 atom stereocenters. The molecule has 0 radical (unpaired) electrons. The van der Waals surface area contributed by atoms with E-state index in [9.17, 15) is 4.79 Å². The maximum Gasteiger partial charge on any atom is 0.244 e. The first-order valence-electron chi connectivity index (χ1n) is 10.8. The SMILES string of the molecule is CCCC/C(=N\NC(=O)[C@@H]1CC1(c1ccccc1)c1ccccc1)c1ccccc1. The number of rotatable bonds is 8. The Morgan fingerprint density at radius 2 is 1.43 bits per heavy atom. The summed E-state index contributed by atoms with van der Waals surface area (Å²) in [5, 5.41) is 4.56. The second-order valence-corrected chi connectivity index (χ2v) is 7.96. The summed E-state index contributed by atoms with van der Waals surface area (Å²) in [6, 6.07) is 30.8. The Morgan fingerprint density at radius 1 is 0.900 bits per heavy atom. The van der Waals surface area contributed by atoms with Crippen LogP contribution in [0.25, 0.3) is 0 Å². The number of hydrogen-bond acceptors (Lipinski definition) is 2. The molecular formula is C27H28N2O. The molecule has 0 spiro atoms. The molecule has 3 heteroatoms. The molecule has 1 saturated carbocycles. The van der Waals surface area contributed by atoms with Crippen LogP contribution in [0.4, 0.5) is 0 Å². The van der Waals surface area contributed by atoms with Crippen LogP contribution < -0.4 is 5.43 Å². The maximum absolute atomic E-state index is 13.2. The van der Waals surface area contributed by atoms with Gasteiger partial charge < -0.3 is 0 Å². The Morgan fingerprint density at radius 3 is 1.97 bits per heavy atom. The summed E-state index contributed by atoms with van der Waals surface area (Å²) in [7, 11) is 0. The molecule has 0 aromatic heterocycles. The fourth-order valence-electron chi connectivity index (χ4n) is 4.30. The van der Waals surface area contributed by atoms with Crippen LogP contribution in [0.1, 0.15) is 49.3 Å². The Hall–Kier alpha value is -3.20. The molecule has 30 heavy (non-hydrogen) atoms. The number of nitrogens with zero attached hydrogens (tertiary/aromatic N) is 1. The first kappa shape index (κ1) is 20.1. The van der Waals surface area contributed by atoms with Crippen molar-refractivity contribution in [1.29, 1.82) is 0 Å². The number of hydrogen-bond donors (Lipinski definition) is 1. The van der Waals surface area contributed by atoms with Crippen molar-refractivity contribution in [3.05, 3.63) is 108 Å². The van der Waals surface area contributed by atoms with Gasteiger partial charge in [0.15, 0.2) is 0 Å². The lowest BCUT2D eigenvalue weighted by Crippen LogP contribution is -2.26. The summed E-state index contributed by atoms with van der Waals surface area (Å²) >= 11 is 0. The van der Waals surface area contributed by atoms with Crippen LogP contribution >= 0.6 is 0 Å². The lowest BCUT2D eigenvalue weighted by atomic mass is 9.85. The van der Waals surface area contributed by atoms with Gasteiger partial charge in [-0.1, -0.05) is 104 Å². The fourth-order valence-corrected chi connectivity index (χ4v) is 4.30. The number of unbranched alkanes of at least 4 members (excludes halogenated alkanes) is 1. The summed E-state index contributed by atoms with van der Waals surface area (Å²) in [5.41, 5.74) is 7.02. The molecule has 1 aliphatic carbocycles. The standard InChI is InChI=1S/C27H28N2O/c1-2-3-19-25(21-13-7-4-8-14-21)28-29-26(30)24-20-27(24,22-15-9-5-10-16-22)23-17-11-6-12-18-23/h4-18,24H,2-3,19-20H2,1H3,(H,29,30)/b28-25+/t24-/m0/s1. The molecule has 1 fully saturated rings. The molecule has 3 nitrogen and oxygen atoms in total.